The molecule has 0 amide bonds. The molecule has 1 aromatic heterocycles. The molecule has 0 aliphatic rings. The molecule has 0 spiro atoms. The van der Waals surface area contributed by atoms with Crippen molar-refractivity contribution in [3.8, 4) is 0 Å². The molecule has 76 valence electrons. The van der Waals surface area contributed by atoms with Crippen LogP contribution >= 0.6 is 0 Å². The number of hydrogen-bond acceptors (Lipinski definition) is 3. The van der Waals surface area contributed by atoms with Crippen LogP contribution in [0.3, 0.4) is 0 Å². The Kier molecular flexibility index (Phi) is 3.56. The van der Waals surface area contributed by atoms with Crippen molar-refractivity contribution >= 4 is 11.6 Å². The lowest BCUT2D eigenvalue weighted by molar-refractivity contribution is -0.118. The SMILES string of the molecule is CCCC(=O)CC(=O)c1cn(C)cn1. The molecule has 0 aliphatic heterocycles. The highest BCUT2D eigenvalue weighted by molar-refractivity contribution is 6.06. The minimum atomic E-state index is -0.191. The Morgan fingerprint density at radius 2 is 2.21 bits per heavy atom. The molecule has 0 fully saturated rings. The number of Topliss-reactive ketones (excluding diaryl/α,β-unsaturated/α-hetero) is 2. The first-order chi connectivity index (χ1) is 6.63. The Bertz CT molecular complexity index is 342. The van der Waals surface area contributed by atoms with E-state index in [1.807, 2.05) is 6.92 Å². The van der Waals surface area contributed by atoms with Crippen LogP contribution in [0.2, 0.25) is 0 Å². The highest BCUT2D eigenvalue weighted by Gasteiger charge is 2.12. The van der Waals surface area contributed by atoms with Crippen LogP contribution in [0.5, 0.6) is 0 Å². The van der Waals surface area contributed by atoms with Crippen LogP contribution in [0, 0.1) is 0 Å². The van der Waals surface area contributed by atoms with Gasteiger partial charge in [0, 0.05) is 19.7 Å². The van der Waals surface area contributed by atoms with Gasteiger partial charge in [-0.2, -0.15) is 0 Å². The van der Waals surface area contributed by atoms with E-state index in [9.17, 15) is 9.59 Å². The molecule has 4 nitrogen and oxygen atoms in total. The average molecular weight is 194 g/mol. The van der Waals surface area contributed by atoms with Crippen molar-refractivity contribution in [2.45, 2.75) is 26.2 Å². The summed E-state index contributed by atoms with van der Waals surface area (Å²) in [6.45, 7) is 1.92. The summed E-state index contributed by atoms with van der Waals surface area (Å²) >= 11 is 0. The zero-order chi connectivity index (χ0) is 10.6. The fourth-order valence-corrected chi connectivity index (χ4v) is 1.19. The zero-order valence-electron chi connectivity index (χ0n) is 8.49. The third kappa shape index (κ3) is 2.80. The second-order valence-corrected chi connectivity index (χ2v) is 3.31. The summed E-state index contributed by atoms with van der Waals surface area (Å²) in [4.78, 5) is 26.5. The quantitative estimate of drug-likeness (QED) is 0.525. The van der Waals surface area contributed by atoms with Gasteiger partial charge in [0.15, 0.2) is 5.78 Å². The molecule has 0 atom stereocenters. The Morgan fingerprint density at radius 3 is 2.71 bits per heavy atom. The second-order valence-electron chi connectivity index (χ2n) is 3.31. The summed E-state index contributed by atoms with van der Waals surface area (Å²) in [6.07, 6.45) is 4.41. The number of rotatable bonds is 5. The molecule has 14 heavy (non-hydrogen) atoms. The summed E-state index contributed by atoms with van der Waals surface area (Å²) < 4.78 is 1.69. The fourth-order valence-electron chi connectivity index (χ4n) is 1.19. The van der Waals surface area contributed by atoms with Gasteiger partial charge >= 0.3 is 0 Å². The molecular weight excluding hydrogens is 180 g/mol. The lowest BCUT2D eigenvalue weighted by Crippen LogP contribution is -2.08. The van der Waals surface area contributed by atoms with Crippen molar-refractivity contribution in [3.63, 3.8) is 0 Å². The number of hydrogen-bond donors (Lipinski definition) is 0. The summed E-state index contributed by atoms with van der Waals surface area (Å²) in [7, 11) is 1.79. The van der Waals surface area contributed by atoms with Gasteiger partial charge in [-0.05, 0) is 6.42 Å². The van der Waals surface area contributed by atoms with Gasteiger partial charge in [-0.15, -0.1) is 0 Å². The van der Waals surface area contributed by atoms with Crippen molar-refractivity contribution in [2.75, 3.05) is 0 Å². The monoisotopic (exact) mass is 194 g/mol. The van der Waals surface area contributed by atoms with Gasteiger partial charge in [-0.25, -0.2) is 4.98 Å². The molecule has 0 N–H and O–H groups in total. The molecule has 0 aliphatic carbocycles. The molecule has 4 heteroatoms. The van der Waals surface area contributed by atoms with Crippen molar-refractivity contribution in [3.05, 3.63) is 18.2 Å². The predicted molar refractivity (Wildman–Crippen MR) is 52.1 cm³/mol. The smallest absolute Gasteiger partial charge is 0.190 e. The van der Waals surface area contributed by atoms with Crippen molar-refractivity contribution < 1.29 is 9.59 Å². The van der Waals surface area contributed by atoms with E-state index in [4.69, 9.17) is 0 Å². The number of carbonyl (C=O) groups is 2. The van der Waals surface area contributed by atoms with Gasteiger partial charge in [0.05, 0.1) is 12.7 Å². The van der Waals surface area contributed by atoms with E-state index in [1.54, 1.807) is 24.1 Å². The normalized spacial score (nSPS) is 10.1. The van der Waals surface area contributed by atoms with Crippen LogP contribution in [0.15, 0.2) is 12.5 Å². The molecule has 0 aromatic carbocycles. The molecule has 0 radical (unpaired) electrons. The maximum absolute atomic E-state index is 11.4. The van der Waals surface area contributed by atoms with E-state index >= 15 is 0 Å². The third-order valence-corrected chi connectivity index (χ3v) is 1.88. The van der Waals surface area contributed by atoms with Gasteiger partial charge < -0.3 is 4.57 Å². The van der Waals surface area contributed by atoms with Crippen LogP contribution < -0.4 is 0 Å². The average Bonchev–Trinajstić information content (AvgIpc) is 2.52. The number of nitrogens with zero attached hydrogens (tertiary/aromatic N) is 2. The second kappa shape index (κ2) is 4.69. The largest absolute Gasteiger partial charge is 0.340 e. The Morgan fingerprint density at radius 1 is 1.50 bits per heavy atom. The van der Waals surface area contributed by atoms with E-state index in [1.165, 1.54) is 0 Å². The van der Waals surface area contributed by atoms with Gasteiger partial charge in [-0.3, -0.25) is 9.59 Å². The molecule has 1 heterocycles. The Balaban J connectivity index is 2.55. The molecule has 0 saturated heterocycles. The summed E-state index contributed by atoms with van der Waals surface area (Å²) in [5.41, 5.74) is 0.372. The Hall–Kier alpha value is -1.45. The summed E-state index contributed by atoms with van der Waals surface area (Å²) in [5, 5.41) is 0. The number of imidazole rings is 1. The number of aryl methyl sites for hydroxylation is 1. The Labute approximate surface area is 82.9 Å². The molecule has 1 rings (SSSR count). The molecule has 0 unspecified atom stereocenters. The number of ketones is 2. The summed E-state index contributed by atoms with van der Waals surface area (Å²) in [5.74, 6) is -0.202. The first kappa shape index (κ1) is 10.6. The summed E-state index contributed by atoms with van der Waals surface area (Å²) in [6, 6.07) is 0. The maximum atomic E-state index is 11.4. The topological polar surface area (TPSA) is 52.0 Å². The highest BCUT2D eigenvalue weighted by atomic mass is 16.1. The highest BCUT2D eigenvalue weighted by Crippen LogP contribution is 2.02. The molecular formula is C10H14N2O2. The lowest BCUT2D eigenvalue weighted by atomic mass is 10.1. The van der Waals surface area contributed by atoms with Crippen LogP contribution in [-0.2, 0) is 11.8 Å². The van der Waals surface area contributed by atoms with Crippen LogP contribution in [0.25, 0.3) is 0 Å². The van der Waals surface area contributed by atoms with Gasteiger partial charge in [0.2, 0.25) is 0 Å². The van der Waals surface area contributed by atoms with E-state index in [2.05, 4.69) is 4.98 Å². The molecule has 1 aromatic rings. The first-order valence-electron chi connectivity index (χ1n) is 4.66. The first-order valence-corrected chi connectivity index (χ1v) is 4.66. The number of carbonyl (C=O) groups excluding carboxylic acids is 2. The van der Waals surface area contributed by atoms with E-state index in [-0.39, 0.29) is 18.0 Å². The minimum Gasteiger partial charge on any atom is -0.340 e. The molecule has 0 bridgehead atoms. The lowest BCUT2D eigenvalue weighted by Gasteiger charge is -1.95. The standard InChI is InChI=1S/C10H14N2O2/c1-3-4-8(13)5-10(14)9-6-12(2)7-11-9/h6-7H,3-5H2,1-2H3. The number of aromatic nitrogens is 2. The van der Waals surface area contributed by atoms with Crippen LogP contribution in [-0.4, -0.2) is 21.1 Å². The third-order valence-electron chi connectivity index (χ3n) is 1.88. The van der Waals surface area contributed by atoms with E-state index in [0.29, 0.717) is 12.1 Å². The van der Waals surface area contributed by atoms with E-state index < -0.39 is 0 Å². The van der Waals surface area contributed by atoms with E-state index in [0.717, 1.165) is 6.42 Å². The van der Waals surface area contributed by atoms with Crippen LogP contribution in [0.4, 0.5) is 0 Å². The van der Waals surface area contributed by atoms with Crippen molar-refractivity contribution in [2.24, 2.45) is 7.05 Å². The van der Waals surface area contributed by atoms with Crippen molar-refractivity contribution in [1.29, 1.82) is 0 Å². The zero-order valence-corrected chi connectivity index (χ0v) is 8.49. The van der Waals surface area contributed by atoms with Gasteiger partial charge in [-0.1, -0.05) is 6.92 Å². The predicted octanol–water partition coefficient (Wildman–Crippen LogP) is 1.36. The van der Waals surface area contributed by atoms with Gasteiger partial charge in [0.25, 0.3) is 0 Å². The maximum Gasteiger partial charge on any atom is 0.190 e. The van der Waals surface area contributed by atoms with Crippen LogP contribution in [0.1, 0.15) is 36.7 Å². The minimum absolute atomic E-state index is 0.0110. The molecule has 0 saturated carbocycles. The van der Waals surface area contributed by atoms with Gasteiger partial charge in [0.1, 0.15) is 11.5 Å². The van der Waals surface area contributed by atoms with Crippen molar-refractivity contribution in [1.82, 2.24) is 9.55 Å². The fraction of sp³-hybridized carbons (Fsp3) is 0.500.